The maximum absolute atomic E-state index is 13.6. The molecule has 0 spiro atoms. The molecule has 4 nitrogen and oxygen atoms in total. The average Bonchev–Trinajstić information content (AvgIpc) is 2.80. The maximum atomic E-state index is 13.6. The zero-order chi connectivity index (χ0) is 14.0. The molecule has 19 heavy (non-hydrogen) atoms. The van der Waals surface area contributed by atoms with Gasteiger partial charge in [-0.3, -0.25) is 10.1 Å². The van der Waals surface area contributed by atoms with E-state index in [9.17, 15) is 22.4 Å². The van der Waals surface area contributed by atoms with E-state index in [0.717, 1.165) is 12.1 Å². The Balaban J connectivity index is 2.33. The number of carbonyl (C=O) groups excluding carboxylic acids is 1. The monoisotopic (exact) mass is 273 g/mol. The van der Waals surface area contributed by atoms with E-state index in [4.69, 9.17) is 0 Å². The van der Waals surface area contributed by atoms with Gasteiger partial charge in [-0.2, -0.15) is 13.2 Å². The zero-order valence-electron chi connectivity index (χ0n) is 9.25. The van der Waals surface area contributed by atoms with Crippen LogP contribution in [0, 0.1) is 5.82 Å². The van der Waals surface area contributed by atoms with Crippen LogP contribution in [0.4, 0.5) is 23.5 Å². The Morgan fingerprint density at radius 1 is 1.32 bits per heavy atom. The molecule has 2 aromatic rings. The lowest BCUT2D eigenvalue weighted by molar-refractivity contribution is -0.140. The van der Waals surface area contributed by atoms with Crippen LogP contribution in [-0.4, -0.2) is 15.9 Å². The Bertz CT molecular complexity index is 592. The minimum Gasteiger partial charge on any atom is -0.331 e. The number of rotatable bonds is 2. The summed E-state index contributed by atoms with van der Waals surface area (Å²) in [6.45, 7) is 0. The van der Waals surface area contributed by atoms with Crippen LogP contribution >= 0.6 is 0 Å². The van der Waals surface area contributed by atoms with Gasteiger partial charge in [0.05, 0.1) is 11.1 Å². The number of anilines is 1. The SMILES string of the molecule is O=C(Nc1ncc[nH]1)c1cccc(C(F)(F)F)c1F. The quantitative estimate of drug-likeness (QED) is 0.826. The molecular formula is C11H7F4N3O. The van der Waals surface area contributed by atoms with Crippen molar-refractivity contribution < 1.29 is 22.4 Å². The molecule has 8 heteroatoms. The Hall–Kier alpha value is -2.38. The van der Waals surface area contributed by atoms with Crippen molar-refractivity contribution in [1.82, 2.24) is 9.97 Å². The molecule has 0 aliphatic carbocycles. The number of halogens is 4. The first-order valence-electron chi connectivity index (χ1n) is 5.06. The summed E-state index contributed by atoms with van der Waals surface area (Å²) >= 11 is 0. The predicted molar refractivity (Wildman–Crippen MR) is 57.9 cm³/mol. The number of H-pyrrole nitrogens is 1. The molecule has 2 rings (SSSR count). The van der Waals surface area contributed by atoms with Gasteiger partial charge in [-0.1, -0.05) is 6.07 Å². The predicted octanol–water partition coefficient (Wildman–Crippen LogP) is 2.82. The Morgan fingerprint density at radius 2 is 2.05 bits per heavy atom. The van der Waals surface area contributed by atoms with Gasteiger partial charge in [-0.15, -0.1) is 0 Å². The number of carbonyl (C=O) groups is 1. The molecule has 0 aliphatic rings. The van der Waals surface area contributed by atoms with Gasteiger partial charge in [0.15, 0.2) is 0 Å². The van der Waals surface area contributed by atoms with Crippen molar-refractivity contribution in [2.24, 2.45) is 0 Å². The molecule has 0 atom stereocenters. The standard InChI is InChI=1S/C11H7F4N3O/c12-8-6(2-1-3-7(8)11(13,14)15)9(19)18-10-16-4-5-17-10/h1-5H,(H2,16,17,18,19). The van der Waals surface area contributed by atoms with Crippen LogP contribution in [0.3, 0.4) is 0 Å². The molecule has 1 heterocycles. The molecule has 0 saturated heterocycles. The van der Waals surface area contributed by atoms with E-state index in [-0.39, 0.29) is 5.95 Å². The minimum absolute atomic E-state index is 0.0156. The van der Waals surface area contributed by atoms with Crippen molar-refractivity contribution in [1.29, 1.82) is 0 Å². The van der Waals surface area contributed by atoms with Gasteiger partial charge in [0.2, 0.25) is 5.95 Å². The van der Waals surface area contributed by atoms with Crippen molar-refractivity contribution >= 4 is 11.9 Å². The van der Waals surface area contributed by atoms with E-state index in [1.807, 2.05) is 0 Å². The fraction of sp³-hybridized carbons (Fsp3) is 0.0909. The molecule has 0 saturated carbocycles. The Labute approximate surface area is 104 Å². The molecule has 1 aromatic heterocycles. The van der Waals surface area contributed by atoms with Gasteiger partial charge in [-0.25, -0.2) is 9.37 Å². The van der Waals surface area contributed by atoms with Crippen LogP contribution in [0.25, 0.3) is 0 Å². The third-order valence-electron chi connectivity index (χ3n) is 2.28. The Kier molecular flexibility index (Phi) is 3.24. The fourth-order valence-corrected chi connectivity index (χ4v) is 1.43. The summed E-state index contributed by atoms with van der Waals surface area (Å²) in [7, 11) is 0. The van der Waals surface area contributed by atoms with Crippen molar-refractivity contribution in [3.05, 3.63) is 47.5 Å². The van der Waals surface area contributed by atoms with Crippen molar-refractivity contribution in [2.45, 2.75) is 6.18 Å². The summed E-state index contributed by atoms with van der Waals surface area (Å²) in [5.74, 6) is -2.61. The first kappa shape index (κ1) is 13.1. The summed E-state index contributed by atoms with van der Waals surface area (Å²) in [5, 5.41) is 2.14. The van der Waals surface area contributed by atoms with Crippen LogP contribution in [0.2, 0.25) is 0 Å². The van der Waals surface area contributed by atoms with Crippen LogP contribution in [0.15, 0.2) is 30.6 Å². The number of nitrogens with zero attached hydrogens (tertiary/aromatic N) is 1. The minimum atomic E-state index is -4.86. The molecule has 100 valence electrons. The molecule has 2 N–H and O–H groups in total. The van der Waals surface area contributed by atoms with E-state index < -0.39 is 29.0 Å². The number of hydrogen-bond acceptors (Lipinski definition) is 2. The van der Waals surface area contributed by atoms with E-state index in [1.54, 1.807) is 0 Å². The summed E-state index contributed by atoms with van der Waals surface area (Å²) in [6, 6.07) is 2.49. The lowest BCUT2D eigenvalue weighted by Gasteiger charge is -2.10. The zero-order valence-corrected chi connectivity index (χ0v) is 9.25. The van der Waals surface area contributed by atoms with E-state index in [1.165, 1.54) is 12.4 Å². The average molecular weight is 273 g/mol. The van der Waals surface area contributed by atoms with Crippen LogP contribution < -0.4 is 5.32 Å². The highest BCUT2D eigenvalue weighted by Gasteiger charge is 2.35. The second kappa shape index (κ2) is 4.71. The summed E-state index contributed by atoms with van der Waals surface area (Å²) in [4.78, 5) is 17.8. The number of aromatic amines is 1. The van der Waals surface area contributed by atoms with Gasteiger partial charge in [0, 0.05) is 12.4 Å². The van der Waals surface area contributed by atoms with Crippen LogP contribution in [0.5, 0.6) is 0 Å². The van der Waals surface area contributed by atoms with E-state index in [2.05, 4.69) is 15.3 Å². The molecule has 1 amide bonds. The topological polar surface area (TPSA) is 57.8 Å². The van der Waals surface area contributed by atoms with Gasteiger partial charge in [0.25, 0.3) is 5.91 Å². The van der Waals surface area contributed by atoms with Gasteiger partial charge >= 0.3 is 6.18 Å². The normalized spacial score (nSPS) is 11.4. The third kappa shape index (κ3) is 2.72. The van der Waals surface area contributed by atoms with Crippen LogP contribution in [-0.2, 0) is 6.18 Å². The first-order valence-corrected chi connectivity index (χ1v) is 5.06. The number of alkyl halides is 3. The molecule has 0 bridgehead atoms. The van der Waals surface area contributed by atoms with Crippen molar-refractivity contribution in [3.8, 4) is 0 Å². The smallest absolute Gasteiger partial charge is 0.331 e. The van der Waals surface area contributed by atoms with Crippen molar-refractivity contribution in [2.75, 3.05) is 5.32 Å². The largest absolute Gasteiger partial charge is 0.419 e. The van der Waals surface area contributed by atoms with Crippen molar-refractivity contribution in [3.63, 3.8) is 0 Å². The molecule has 1 aromatic carbocycles. The number of imidazole rings is 1. The highest BCUT2D eigenvalue weighted by atomic mass is 19.4. The number of benzene rings is 1. The highest BCUT2D eigenvalue weighted by Crippen LogP contribution is 2.32. The Morgan fingerprint density at radius 3 is 2.63 bits per heavy atom. The number of nitrogens with one attached hydrogen (secondary N) is 2. The molecular weight excluding hydrogens is 266 g/mol. The summed E-state index contributed by atoms with van der Waals surface area (Å²) in [6.07, 6.45) is -2.12. The van der Waals surface area contributed by atoms with Gasteiger partial charge < -0.3 is 4.98 Å². The highest BCUT2D eigenvalue weighted by molar-refractivity contribution is 6.03. The van der Waals surface area contributed by atoms with Gasteiger partial charge in [-0.05, 0) is 12.1 Å². The number of amides is 1. The lowest BCUT2D eigenvalue weighted by Crippen LogP contribution is -2.18. The summed E-state index contributed by atoms with van der Waals surface area (Å²) in [5.41, 5.74) is -2.19. The van der Waals surface area contributed by atoms with Crippen LogP contribution in [0.1, 0.15) is 15.9 Å². The van der Waals surface area contributed by atoms with Gasteiger partial charge in [0.1, 0.15) is 5.82 Å². The first-order chi connectivity index (χ1) is 8.89. The van der Waals surface area contributed by atoms with E-state index >= 15 is 0 Å². The molecule has 0 radical (unpaired) electrons. The second-order valence-corrected chi connectivity index (χ2v) is 3.56. The lowest BCUT2D eigenvalue weighted by atomic mass is 10.1. The van der Waals surface area contributed by atoms with E-state index in [0.29, 0.717) is 6.07 Å². The number of aromatic nitrogens is 2. The molecule has 0 unspecified atom stereocenters. The number of hydrogen-bond donors (Lipinski definition) is 2. The molecule has 0 aliphatic heterocycles. The second-order valence-electron chi connectivity index (χ2n) is 3.56. The maximum Gasteiger partial charge on any atom is 0.419 e. The third-order valence-corrected chi connectivity index (χ3v) is 2.28. The summed E-state index contributed by atoms with van der Waals surface area (Å²) < 4.78 is 51.1. The fourth-order valence-electron chi connectivity index (χ4n) is 1.43. The molecule has 0 fully saturated rings.